The van der Waals surface area contributed by atoms with Crippen molar-refractivity contribution < 1.29 is 27.5 Å². The number of alkyl carbamates (subject to hydrolysis) is 1. The molecule has 1 saturated heterocycles. The monoisotopic (exact) mass is 419 g/mol. The molecule has 1 heterocycles. The lowest BCUT2D eigenvalue weighted by Gasteiger charge is -2.28. The van der Waals surface area contributed by atoms with E-state index in [4.69, 9.17) is 14.9 Å². The van der Waals surface area contributed by atoms with Gasteiger partial charge in [-0.2, -0.15) is 0 Å². The van der Waals surface area contributed by atoms with Crippen LogP contribution in [0.4, 0.5) is 9.59 Å². The molecule has 1 fully saturated rings. The fourth-order valence-electron chi connectivity index (χ4n) is 2.11. The van der Waals surface area contributed by atoms with Gasteiger partial charge in [0.25, 0.3) is 10.0 Å². The van der Waals surface area contributed by atoms with Gasteiger partial charge in [0.2, 0.25) is 5.88 Å². The van der Waals surface area contributed by atoms with Crippen LogP contribution in [0.25, 0.3) is 0 Å². The van der Waals surface area contributed by atoms with E-state index in [1.54, 1.807) is 34.6 Å². The summed E-state index contributed by atoms with van der Waals surface area (Å²) >= 11 is 0. The third kappa shape index (κ3) is 8.03. The molecule has 11 nitrogen and oxygen atoms in total. The van der Waals surface area contributed by atoms with Crippen molar-refractivity contribution in [2.45, 2.75) is 46.3 Å². The highest BCUT2D eigenvalue weighted by molar-refractivity contribution is 7.94. The third-order valence-corrected chi connectivity index (χ3v) is 4.58. The van der Waals surface area contributed by atoms with E-state index >= 15 is 0 Å². The van der Waals surface area contributed by atoms with E-state index in [1.165, 1.54) is 0 Å². The lowest BCUT2D eigenvalue weighted by molar-refractivity contribution is 0.0492. The topological polar surface area (TPSA) is 159 Å². The molecular formula is C16H29N5O6S. The van der Waals surface area contributed by atoms with Crippen LogP contribution in [0.1, 0.15) is 34.6 Å². The first-order valence-corrected chi connectivity index (χ1v) is 10.2. The van der Waals surface area contributed by atoms with E-state index in [2.05, 4.69) is 16.0 Å². The fraction of sp³-hybridized carbons (Fsp3) is 0.688. The van der Waals surface area contributed by atoms with Crippen LogP contribution >= 0.6 is 0 Å². The van der Waals surface area contributed by atoms with Crippen molar-refractivity contribution in [2.24, 2.45) is 5.92 Å². The van der Waals surface area contributed by atoms with Crippen LogP contribution in [-0.4, -0.2) is 58.1 Å². The van der Waals surface area contributed by atoms with Crippen molar-refractivity contribution in [1.82, 2.24) is 20.7 Å². The van der Waals surface area contributed by atoms with Crippen LogP contribution in [0.2, 0.25) is 0 Å². The Kier molecular flexibility index (Phi) is 8.09. The van der Waals surface area contributed by atoms with Crippen molar-refractivity contribution in [3.63, 3.8) is 0 Å². The Morgan fingerprint density at radius 1 is 1.39 bits per heavy atom. The third-order valence-electron chi connectivity index (χ3n) is 3.24. The van der Waals surface area contributed by atoms with Crippen LogP contribution < -0.4 is 20.7 Å². The van der Waals surface area contributed by atoms with Gasteiger partial charge in [-0.1, -0.05) is 0 Å². The number of carbonyl (C=O) groups excluding carboxylic acids is 2. The Hall–Kier alpha value is -2.50. The highest BCUT2D eigenvalue weighted by Crippen LogP contribution is 2.15. The quantitative estimate of drug-likeness (QED) is 0.394. The molecule has 0 radical (unpaired) electrons. The maximum atomic E-state index is 12.3. The first-order valence-electron chi connectivity index (χ1n) is 8.75. The Labute approximate surface area is 165 Å². The SMILES string of the molecule is CC(C)NC(=O)NS(=O)(=O)/C(C=N)=C1/NCC(CNC(=O)OC(C)(C)C)CO1. The number of hydrogen-bond donors (Lipinski definition) is 5. The van der Waals surface area contributed by atoms with E-state index in [-0.39, 0.29) is 31.0 Å². The Bertz CT molecular complexity index is 716. The van der Waals surface area contributed by atoms with Crippen LogP contribution in [0.5, 0.6) is 0 Å². The molecule has 5 N–H and O–H groups in total. The lowest BCUT2D eigenvalue weighted by atomic mass is 10.1. The van der Waals surface area contributed by atoms with E-state index < -0.39 is 32.7 Å². The van der Waals surface area contributed by atoms with Crippen molar-refractivity contribution in [3.05, 3.63) is 10.8 Å². The average Bonchev–Trinajstić information content (AvgIpc) is 2.51. The van der Waals surface area contributed by atoms with Crippen molar-refractivity contribution >= 4 is 28.4 Å². The molecule has 1 unspecified atom stereocenters. The summed E-state index contributed by atoms with van der Waals surface area (Å²) < 4.78 is 37.0. The zero-order valence-corrected chi connectivity index (χ0v) is 17.5. The molecule has 1 rings (SSSR count). The first-order chi connectivity index (χ1) is 12.8. The normalized spacial score (nSPS) is 19.0. The molecule has 0 aromatic rings. The largest absolute Gasteiger partial charge is 0.478 e. The molecule has 0 bridgehead atoms. The number of allylic oxidation sites excluding steroid dienone is 1. The zero-order valence-electron chi connectivity index (χ0n) is 16.7. The standard InChI is InChI=1S/C16H29N5O6S/c1-10(2)20-14(22)21-28(24,25)12(6-17)13-18-7-11(9-26-13)8-19-15(23)27-16(3,4)5/h6,10-11,17-18H,7-9H2,1-5H3,(H,19,23)(H2,20,21,22)/b13-12-,17-6?. The van der Waals surface area contributed by atoms with Gasteiger partial charge in [-0.15, -0.1) is 0 Å². The van der Waals surface area contributed by atoms with Crippen LogP contribution in [0, 0.1) is 11.3 Å². The number of rotatable bonds is 6. The minimum absolute atomic E-state index is 0.114. The Morgan fingerprint density at radius 2 is 2.04 bits per heavy atom. The maximum Gasteiger partial charge on any atom is 0.407 e. The number of carbonyl (C=O) groups is 2. The molecular weight excluding hydrogens is 390 g/mol. The summed E-state index contributed by atoms with van der Waals surface area (Å²) in [5.41, 5.74) is -0.608. The van der Waals surface area contributed by atoms with Gasteiger partial charge in [-0.25, -0.2) is 22.7 Å². The maximum absolute atomic E-state index is 12.3. The van der Waals surface area contributed by atoms with Crippen molar-refractivity contribution in [2.75, 3.05) is 19.7 Å². The van der Waals surface area contributed by atoms with Crippen molar-refractivity contribution in [1.29, 1.82) is 5.41 Å². The molecule has 1 aliphatic rings. The number of nitrogens with one attached hydrogen (secondary N) is 5. The van der Waals surface area contributed by atoms with Gasteiger partial charge >= 0.3 is 12.1 Å². The van der Waals surface area contributed by atoms with Gasteiger partial charge in [0.05, 0.1) is 6.61 Å². The second-order valence-electron chi connectivity index (χ2n) is 7.51. The van der Waals surface area contributed by atoms with Gasteiger partial charge in [0.1, 0.15) is 5.60 Å². The fourth-order valence-corrected chi connectivity index (χ4v) is 3.06. The van der Waals surface area contributed by atoms with Crippen LogP contribution in [-0.2, 0) is 19.5 Å². The number of urea groups is 1. The molecule has 0 spiro atoms. The van der Waals surface area contributed by atoms with E-state index in [0.717, 1.165) is 0 Å². The van der Waals surface area contributed by atoms with Crippen LogP contribution in [0.3, 0.4) is 0 Å². The minimum atomic E-state index is -4.28. The summed E-state index contributed by atoms with van der Waals surface area (Å²) in [5.74, 6) is -0.267. The van der Waals surface area contributed by atoms with Gasteiger partial charge in [0.15, 0.2) is 4.91 Å². The van der Waals surface area contributed by atoms with E-state index in [0.29, 0.717) is 12.8 Å². The predicted octanol–water partition coefficient (Wildman–Crippen LogP) is 0.603. The number of amides is 3. The van der Waals surface area contributed by atoms with Crippen molar-refractivity contribution in [3.8, 4) is 0 Å². The molecule has 1 aliphatic heterocycles. The minimum Gasteiger partial charge on any atom is -0.478 e. The number of hydrogen-bond acceptors (Lipinski definition) is 8. The summed E-state index contributed by atoms with van der Waals surface area (Å²) in [7, 11) is -4.28. The molecule has 0 saturated carbocycles. The highest BCUT2D eigenvalue weighted by atomic mass is 32.2. The van der Waals surface area contributed by atoms with Gasteiger partial charge < -0.3 is 30.8 Å². The second-order valence-corrected chi connectivity index (χ2v) is 9.16. The molecule has 0 aromatic heterocycles. The molecule has 12 heteroatoms. The highest BCUT2D eigenvalue weighted by Gasteiger charge is 2.28. The molecule has 160 valence electrons. The molecule has 1 atom stereocenters. The van der Waals surface area contributed by atoms with Crippen LogP contribution in [0.15, 0.2) is 10.8 Å². The van der Waals surface area contributed by atoms with E-state index in [9.17, 15) is 18.0 Å². The van der Waals surface area contributed by atoms with Gasteiger partial charge in [-0.3, -0.25) is 0 Å². The molecule has 0 aromatic carbocycles. The number of sulfonamides is 1. The smallest absolute Gasteiger partial charge is 0.407 e. The number of ether oxygens (including phenoxy) is 2. The van der Waals surface area contributed by atoms with Gasteiger partial charge in [-0.05, 0) is 34.6 Å². The molecule has 28 heavy (non-hydrogen) atoms. The predicted molar refractivity (Wildman–Crippen MR) is 103 cm³/mol. The Morgan fingerprint density at radius 3 is 2.50 bits per heavy atom. The summed E-state index contributed by atoms with van der Waals surface area (Å²) in [4.78, 5) is 22.8. The van der Waals surface area contributed by atoms with E-state index in [1.807, 2.05) is 4.72 Å². The summed E-state index contributed by atoms with van der Waals surface area (Å²) in [6.07, 6.45) is 0.0315. The lowest BCUT2D eigenvalue weighted by Crippen LogP contribution is -2.45. The average molecular weight is 420 g/mol. The first kappa shape index (κ1) is 23.5. The summed E-state index contributed by atoms with van der Waals surface area (Å²) in [6, 6.07) is -1.15. The van der Waals surface area contributed by atoms with Gasteiger partial charge in [0, 0.05) is 31.3 Å². The molecule has 0 aliphatic carbocycles. The summed E-state index contributed by atoms with van der Waals surface area (Å²) in [5, 5.41) is 15.2. The Balaban J connectivity index is 2.67. The zero-order chi connectivity index (χ0) is 21.5. The second kappa shape index (κ2) is 9.62. The summed E-state index contributed by atoms with van der Waals surface area (Å²) in [6.45, 7) is 9.30. The molecule has 3 amide bonds.